The highest BCUT2D eigenvalue weighted by atomic mass is 35.5. The van der Waals surface area contributed by atoms with Gasteiger partial charge in [0.05, 0.1) is 0 Å². The summed E-state index contributed by atoms with van der Waals surface area (Å²) in [5, 5.41) is 19.3. The number of halogens is 1. The van der Waals surface area contributed by atoms with Crippen LogP contribution in [0.15, 0.2) is 18.2 Å². The second kappa shape index (κ2) is 5.27. The van der Waals surface area contributed by atoms with Gasteiger partial charge in [0.15, 0.2) is 0 Å². The lowest BCUT2D eigenvalue weighted by atomic mass is 9.78. The van der Waals surface area contributed by atoms with Crippen LogP contribution in [-0.4, -0.2) is 55.3 Å². The Labute approximate surface area is 107 Å². The summed E-state index contributed by atoms with van der Waals surface area (Å²) in [5.74, 6) is 0. The number of nitrogens with zero attached hydrogens (tertiary/aromatic N) is 2. The molecule has 0 atom stereocenters. The van der Waals surface area contributed by atoms with Crippen LogP contribution < -0.4 is 10.4 Å². The molecule has 1 heterocycles. The Balaban J connectivity index is 2.26. The molecule has 0 radical (unpaired) electrons. The van der Waals surface area contributed by atoms with Crippen LogP contribution in [0.25, 0.3) is 0 Å². The average molecular weight is 255 g/mol. The zero-order valence-corrected chi connectivity index (χ0v) is 10.6. The standard InChI is InChI=1S/C11H16BClN2O2/c1-14-4-6-15(7-5-14)11-8-9(13)2-3-10(11)12(16)17/h2-3,8,16-17H,4-7H2,1H3. The van der Waals surface area contributed by atoms with Crippen molar-refractivity contribution >= 4 is 29.9 Å². The molecular weight excluding hydrogens is 238 g/mol. The molecule has 0 saturated carbocycles. The monoisotopic (exact) mass is 254 g/mol. The van der Waals surface area contributed by atoms with Crippen LogP contribution in [0.4, 0.5) is 5.69 Å². The number of likely N-dealkylation sites (N-methyl/N-ethyl adjacent to an activating group) is 1. The maximum atomic E-state index is 9.35. The third-order valence-corrected chi connectivity index (χ3v) is 3.35. The van der Waals surface area contributed by atoms with Crippen molar-refractivity contribution < 1.29 is 10.0 Å². The molecule has 4 nitrogen and oxygen atoms in total. The zero-order chi connectivity index (χ0) is 12.4. The zero-order valence-electron chi connectivity index (χ0n) is 9.80. The maximum absolute atomic E-state index is 9.35. The fourth-order valence-electron chi connectivity index (χ4n) is 2.06. The third kappa shape index (κ3) is 2.93. The molecule has 0 amide bonds. The molecule has 1 aromatic carbocycles. The molecule has 0 unspecified atom stereocenters. The number of piperazine rings is 1. The van der Waals surface area contributed by atoms with Crippen LogP contribution in [0.2, 0.25) is 5.02 Å². The van der Waals surface area contributed by atoms with Gasteiger partial charge in [0.1, 0.15) is 0 Å². The van der Waals surface area contributed by atoms with Crippen molar-refractivity contribution in [2.45, 2.75) is 0 Å². The van der Waals surface area contributed by atoms with Gasteiger partial charge in [0, 0.05) is 42.4 Å². The summed E-state index contributed by atoms with van der Waals surface area (Å²) >= 11 is 5.97. The molecule has 1 fully saturated rings. The molecule has 1 aliphatic heterocycles. The minimum Gasteiger partial charge on any atom is -0.423 e. The highest BCUT2D eigenvalue weighted by Gasteiger charge is 2.22. The van der Waals surface area contributed by atoms with Gasteiger partial charge in [-0.3, -0.25) is 0 Å². The van der Waals surface area contributed by atoms with Crippen LogP contribution in [0.5, 0.6) is 0 Å². The molecule has 2 rings (SSSR count). The van der Waals surface area contributed by atoms with Crippen LogP contribution in [0.1, 0.15) is 0 Å². The SMILES string of the molecule is CN1CCN(c2cc(Cl)ccc2B(O)O)CC1. The number of benzene rings is 1. The van der Waals surface area contributed by atoms with E-state index in [1.54, 1.807) is 18.2 Å². The Morgan fingerprint density at radius 2 is 1.82 bits per heavy atom. The predicted molar refractivity (Wildman–Crippen MR) is 71.0 cm³/mol. The van der Waals surface area contributed by atoms with Gasteiger partial charge in [0.2, 0.25) is 0 Å². The molecule has 1 aromatic rings. The molecule has 0 bridgehead atoms. The summed E-state index contributed by atoms with van der Waals surface area (Å²) in [5.41, 5.74) is 1.33. The molecule has 2 N–H and O–H groups in total. The quantitative estimate of drug-likeness (QED) is 0.716. The first kappa shape index (κ1) is 12.7. The van der Waals surface area contributed by atoms with Gasteiger partial charge < -0.3 is 19.8 Å². The summed E-state index contributed by atoms with van der Waals surface area (Å²) in [4.78, 5) is 4.39. The van der Waals surface area contributed by atoms with Crippen LogP contribution in [0.3, 0.4) is 0 Å². The minimum absolute atomic E-state index is 0.513. The summed E-state index contributed by atoms with van der Waals surface area (Å²) in [6.07, 6.45) is 0. The van der Waals surface area contributed by atoms with Gasteiger partial charge >= 0.3 is 7.12 Å². The van der Waals surface area contributed by atoms with Gasteiger partial charge in [-0.2, -0.15) is 0 Å². The van der Waals surface area contributed by atoms with E-state index in [0.717, 1.165) is 31.9 Å². The fourth-order valence-corrected chi connectivity index (χ4v) is 2.22. The fraction of sp³-hybridized carbons (Fsp3) is 0.455. The summed E-state index contributed by atoms with van der Waals surface area (Å²) in [7, 11) is 0.624. The van der Waals surface area contributed by atoms with E-state index in [1.165, 1.54) is 0 Å². The highest BCUT2D eigenvalue weighted by molar-refractivity contribution is 6.60. The maximum Gasteiger partial charge on any atom is 0.490 e. The molecule has 17 heavy (non-hydrogen) atoms. The second-order valence-corrected chi connectivity index (χ2v) is 4.80. The van der Waals surface area contributed by atoms with E-state index in [2.05, 4.69) is 16.8 Å². The first-order chi connectivity index (χ1) is 8.08. The van der Waals surface area contributed by atoms with E-state index in [0.29, 0.717) is 10.5 Å². The lowest BCUT2D eigenvalue weighted by Gasteiger charge is -2.35. The first-order valence-electron chi connectivity index (χ1n) is 5.67. The largest absolute Gasteiger partial charge is 0.490 e. The topological polar surface area (TPSA) is 46.9 Å². The van der Waals surface area contributed by atoms with E-state index in [1.807, 2.05) is 0 Å². The van der Waals surface area contributed by atoms with Crippen LogP contribution in [0, 0.1) is 0 Å². The van der Waals surface area contributed by atoms with E-state index in [4.69, 9.17) is 11.6 Å². The van der Waals surface area contributed by atoms with Crippen molar-refractivity contribution in [2.24, 2.45) is 0 Å². The lowest BCUT2D eigenvalue weighted by molar-refractivity contribution is 0.313. The van der Waals surface area contributed by atoms with Gasteiger partial charge in [-0.05, 0) is 19.2 Å². The van der Waals surface area contributed by atoms with Gasteiger partial charge in [-0.25, -0.2) is 0 Å². The minimum atomic E-state index is -1.46. The van der Waals surface area contributed by atoms with Crippen molar-refractivity contribution in [1.29, 1.82) is 0 Å². The summed E-state index contributed by atoms with van der Waals surface area (Å²) in [6, 6.07) is 5.14. The Kier molecular flexibility index (Phi) is 3.94. The van der Waals surface area contributed by atoms with Crippen molar-refractivity contribution in [3.05, 3.63) is 23.2 Å². The molecule has 1 saturated heterocycles. The van der Waals surface area contributed by atoms with Crippen molar-refractivity contribution in [3.8, 4) is 0 Å². The smallest absolute Gasteiger partial charge is 0.423 e. The number of rotatable bonds is 2. The van der Waals surface area contributed by atoms with Gasteiger partial charge in [-0.1, -0.05) is 17.7 Å². The average Bonchev–Trinajstić information content (AvgIpc) is 2.29. The van der Waals surface area contributed by atoms with Crippen LogP contribution >= 0.6 is 11.6 Å². The molecule has 0 spiro atoms. The van der Waals surface area contributed by atoms with Crippen molar-refractivity contribution in [1.82, 2.24) is 4.90 Å². The van der Waals surface area contributed by atoms with Crippen molar-refractivity contribution in [2.75, 3.05) is 38.1 Å². The lowest BCUT2D eigenvalue weighted by Crippen LogP contribution is -2.47. The number of hydrogen-bond donors (Lipinski definition) is 2. The molecule has 0 aromatic heterocycles. The molecule has 1 aliphatic rings. The first-order valence-corrected chi connectivity index (χ1v) is 6.05. The number of hydrogen-bond acceptors (Lipinski definition) is 4. The molecule has 92 valence electrons. The molecule has 0 aliphatic carbocycles. The van der Waals surface area contributed by atoms with Crippen molar-refractivity contribution in [3.63, 3.8) is 0 Å². The number of anilines is 1. The van der Waals surface area contributed by atoms with Crippen LogP contribution in [-0.2, 0) is 0 Å². The molecular formula is C11H16BClN2O2. The van der Waals surface area contributed by atoms with E-state index >= 15 is 0 Å². The third-order valence-electron chi connectivity index (χ3n) is 3.11. The summed E-state index contributed by atoms with van der Waals surface area (Å²) in [6.45, 7) is 3.67. The van der Waals surface area contributed by atoms with E-state index in [-0.39, 0.29) is 0 Å². The predicted octanol–water partition coefficient (Wildman–Crippen LogP) is -0.228. The Bertz CT molecular complexity index is 395. The Hall–Kier alpha value is -0.745. The van der Waals surface area contributed by atoms with Gasteiger partial charge in [-0.15, -0.1) is 0 Å². The molecule has 6 heteroatoms. The highest BCUT2D eigenvalue weighted by Crippen LogP contribution is 2.19. The Morgan fingerprint density at radius 1 is 1.18 bits per heavy atom. The van der Waals surface area contributed by atoms with E-state index < -0.39 is 7.12 Å². The van der Waals surface area contributed by atoms with Gasteiger partial charge in [0.25, 0.3) is 0 Å². The Morgan fingerprint density at radius 3 is 2.41 bits per heavy atom. The normalized spacial score (nSPS) is 17.3. The van der Waals surface area contributed by atoms with E-state index in [9.17, 15) is 10.0 Å². The second-order valence-electron chi connectivity index (χ2n) is 4.37. The summed E-state index contributed by atoms with van der Waals surface area (Å²) < 4.78 is 0.